The molecule has 1 aromatic rings. The summed E-state index contributed by atoms with van der Waals surface area (Å²) in [5.41, 5.74) is 0.983. The van der Waals surface area contributed by atoms with Gasteiger partial charge in [-0.2, -0.15) is 10.5 Å². The van der Waals surface area contributed by atoms with Crippen molar-refractivity contribution in [3.05, 3.63) is 21.8 Å². The van der Waals surface area contributed by atoms with Crippen molar-refractivity contribution < 1.29 is 0 Å². The van der Waals surface area contributed by atoms with Crippen LogP contribution in [-0.4, -0.2) is 30.3 Å². The molecular formula is C11H10ClN5. The lowest BCUT2D eigenvalue weighted by atomic mass is 10.1. The Labute approximate surface area is 105 Å². The first-order valence-corrected chi connectivity index (χ1v) is 5.10. The maximum absolute atomic E-state index is 9.05. The zero-order valence-electron chi connectivity index (χ0n) is 9.69. The van der Waals surface area contributed by atoms with Crippen LogP contribution in [0.3, 0.4) is 0 Å². The SMILES string of the molecule is Cc1c(C#N)c(Cl)nc(N=CN(C)C)c1C#N. The molecule has 86 valence electrons. The molecule has 0 saturated carbocycles. The number of halogens is 1. The lowest BCUT2D eigenvalue weighted by molar-refractivity contribution is 0.643. The molecule has 1 rings (SSSR count). The molecule has 0 fully saturated rings. The van der Waals surface area contributed by atoms with Gasteiger partial charge >= 0.3 is 0 Å². The van der Waals surface area contributed by atoms with Crippen molar-refractivity contribution in [2.45, 2.75) is 6.92 Å². The Morgan fingerprint density at radius 2 is 1.88 bits per heavy atom. The van der Waals surface area contributed by atoms with E-state index in [0.717, 1.165) is 0 Å². The highest BCUT2D eigenvalue weighted by molar-refractivity contribution is 6.30. The van der Waals surface area contributed by atoms with Crippen LogP contribution in [0, 0.1) is 29.6 Å². The number of aliphatic imine (C=N–C) groups is 1. The molecule has 0 aliphatic heterocycles. The molecule has 0 spiro atoms. The molecule has 0 unspecified atom stereocenters. The van der Waals surface area contributed by atoms with E-state index in [4.69, 9.17) is 22.1 Å². The maximum Gasteiger partial charge on any atom is 0.173 e. The molecule has 0 aromatic carbocycles. The van der Waals surface area contributed by atoms with E-state index in [9.17, 15) is 0 Å². The fourth-order valence-corrected chi connectivity index (χ4v) is 1.44. The highest BCUT2D eigenvalue weighted by Crippen LogP contribution is 2.27. The summed E-state index contributed by atoms with van der Waals surface area (Å²) in [7, 11) is 3.60. The molecule has 0 N–H and O–H groups in total. The van der Waals surface area contributed by atoms with Crippen LogP contribution < -0.4 is 0 Å². The first-order chi connectivity index (χ1) is 8.01. The van der Waals surface area contributed by atoms with Gasteiger partial charge in [0.2, 0.25) is 0 Å². The Morgan fingerprint density at radius 3 is 2.35 bits per heavy atom. The van der Waals surface area contributed by atoms with Crippen molar-refractivity contribution in [2.24, 2.45) is 4.99 Å². The van der Waals surface area contributed by atoms with E-state index in [1.165, 1.54) is 6.34 Å². The smallest absolute Gasteiger partial charge is 0.173 e. The van der Waals surface area contributed by atoms with Crippen LogP contribution in [0.25, 0.3) is 0 Å². The third-order valence-electron chi connectivity index (χ3n) is 2.02. The largest absolute Gasteiger partial charge is 0.369 e. The Morgan fingerprint density at radius 1 is 1.29 bits per heavy atom. The number of hydrogen-bond acceptors (Lipinski definition) is 4. The molecule has 1 heterocycles. The van der Waals surface area contributed by atoms with Gasteiger partial charge in [0.25, 0.3) is 0 Å². The quantitative estimate of drug-likeness (QED) is 0.455. The van der Waals surface area contributed by atoms with Crippen LogP contribution in [0.1, 0.15) is 16.7 Å². The van der Waals surface area contributed by atoms with Gasteiger partial charge < -0.3 is 4.90 Å². The number of hydrogen-bond donors (Lipinski definition) is 0. The Kier molecular flexibility index (Phi) is 4.03. The van der Waals surface area contributed by atoms with Crippen molar-refractivity contribution in [2.75, 3.05) is 14.1 Å². The van der Waals surface area contributed by atoms with Crippen molar-refractivity contribution >= 4 is 23.8 Å². The molecule has 0 bridgehead atoms. The number of pyridine rings is 1. The summed E-state index contributed by atoms with van der Waals surface area (Å²) >= 11 is 5.85. The van der Waals surface area contributed by atoms with E-state index in [1.54, 1.807) is 25.9 Å². The highest BCUT2D eigenvalue weighted by atomic mass is 35.5. The third kappa shape index (κ3) is 2.72. The van der Waals surface area contributed by atoms with Crippen LogP contribution in [0.15, 0.2) is 4.99 Å². The minimum absolute atomic E-state index is 0.0647. The van der Waals surface area contributed by atoms with Crippen LogP contribution in [0.5, 0.6) is 0 Å². The summed E-state index contributed by atoms with van der Waals surface area (Å²) in [6, 6.07) is 3.91. The second-order valence-corrected chi connectivity index (χ2v) is 3.89. The Balaban J connectivity index is 3.45. The average molecular weight is 248 g/mol. The standard InChI is InChI=1S/C11H10ClN5/c1-7-8(4-13)10(12)16-11(9(7)5-14)15-6-17(2)3/h6H,1-3H3. The van der Waals surface area contributed by atoms with E-state index in [0.29, 0.717) is 5.56 Å². The summed E-state index contributed by atoms with van der Waals surface area (Å²) in [4.78, 5) is 9.70. The van der Waals surface area contributed by atoms with E-state index in [-0.39, 0.29) is 22.1 Å². The minimum atomic E-state index is 0.0647. The number of aromatic nitrogens is 1. The number of rotatable bonds is 2. The van der Waals surface area contributed by atoms with E-state index < -0.39 is 0 Å². The number of nitrogens with zero attached hydrogens (tertiary/aromatic N) is 5. The summed E-state index contributed by atoms with van der Waals surface area (Å²) in [5, 5.41) is 18.0. The predicted octanol–water partition coefficient (Wildman–Crippen LogP) is 2.01. The molecule has 0 amide bonds. The van der Waals surface area contributed by atoms with E-state index in [2.05, 4.69) is 9.98 Å². The zero-order chi connectivity index (χ0) is 13.0. The Hall–Kier alpha value is -2.11. The fraction of sp³-hybridized carbons (Fsp3) is 0.273. The molecule has 17 heavy (non-hydrogen) atoms. The van der Waals surface area contributed by atoms with Gasteiger partial charge in [-0.05, 0) is 12.5 Å². The van der Waals surface area contributed by atoms with Crippen LogP contribution >= 0.6 is 11.6 Å². The van der Waals surface area contributed by atoms with Crippen LogP contribution in [0.4, 0.5) is 5.82 Å². The molecule has 0 aliphatic rings. The first-order valence-electron chi connectivity index (χ1n) is 4.72. The fourth-order valence-electron chi connectivity index (χ4n) is 1.18. The first kappa shape index (κ1) is 13.0. The summed E-state index contributed by atoms with van der Waals surface area (Å²) in [6.07, 6.45) is 1.52. The summed E-state index contributed by atoms with van der Waals surface area (Å²) in [5.74, 6) is 0.225. The normalized spacial score (nSPS) is 10.0. The van der Waals surface area contributed by atoms with Crippen LogP contribution in [-0.2, 0) is 0 Å². The molecule has 5 nitrogen and oxygen atoms in total. The molecular weight excluding hydrogens is 238 g/mol. The third-order valence-corrected chi connectivity index (χ3v) is 2.29. The second kappa shape index (κ2) is 5.29. The highest BCUT2D eigenvalue weighted by Gasteiger charge is 2.14. The van der Waals surface area contributed by atoms with E-state index in [1.807, 2.05) is 12.1 Å². The monoisotopic (exact) mass is 247 g/mol. The van der Waals surface area contributed by atoms with Gasteiger partial charge in [0.05, 0.1) is 11.9 Å². The second-order valence-electron chi connectivity index (χ2n) is 3.53. The van der Waals surface area contributed by atoms with Crippen molar-refractivity contribution in [1.29, 1.82) is 10.5 Å². The lowest BCUT2D eigenvalue weighted by Gasteiger charge is -2.06. The summed E-state index contributed by atoms with van der Waals surface area (Å²) < 4.78 is 0. The zero-order valence-corrected chi connectivity index (χ0v) is 10.4. The van der Waals surface area contributed by atoms with Crippen molar-refractivity contribution in [3.8, 4) is 12.1 Å². The molecule has 0 atom stereocenters. The van der Waals surface area contributed by atoms with Gasteiger partial charge in [-0.3, -0.25) is 0 Å². The molecule has 0 saturated heterocycles. The van der Waals surface area contributed by atoms with Gasteiger partial charge in [-0.25, -0.2) is 9.98 Å². The molecule has 0 aliphatic carbocycles. The maximum atomic E-state index is 9.05. The topological polar surface area (TPSA) is 76.1 Å². The predicted molar refractivity (Wildman–Crippen MR) is 65.3 cm³/mol. The Bertz CT molecular complexity index is 548. The number of nitriles is 2. The lowest BCUT2D eigenvalue weighted by Crippen LogP contribution is -2.07. The van der Waals surface area contributed by atoms with Crippen molar-refractivity contribution in [1.82, 2.24) is 9.88 Å². The van der Waals surface area contributed by atoms with Gasteiger partial charge in [0.15, 0.2) is 5.82 Å². The van der Waals surface area contributed by atoms with Gasteiger partial charge in [0, 0.05) is 14.1 Å². The minimum Gasteiger partial charge on any atom is -0.369 e. The molecule has 1 aromatic heterocycles. The van der Waals surface area contributed by atoms with Gasteiger partial charge in [-0.15, -0.1) is 0 Å². The van der Waals surface area contributed by atoms with Gasteiger partial charge in [0.1, 0.15) is 22.9 Å². The molecule has 6 heteroatoms. The van der Waals surface area contributed by atoms with Gasteiger partial charge in [-0.1, -0.05) is 11.6 Å². The molecule has 0 radical (unpaired) electrons. The van der Waals surface area contributed by atoms with Crippen LogP contribution in [0.2, 0.25) is 5.15 Å². The summed E-state index contributed by atoms with van der Waals surface area (Å²) in [6.45, 7) is 1.65. The van der Waals surface area contributed by atoms with E-state index >= 15 is 0 Å². The van der Waals surface area contributed by atoms with Crippen molar-refractivity contribution in [3.63, 3.8) is 0 Å². The average Bonchev–Trinajstić information content (AvgIpc) is 2.26.